The summed E-state index contributed by atoms with van der Waals surface area (Å²) < 4.78 is 0. The van der Waals surface area contributed by atoms with E-state index in [0.29, 0.717) is 0 Å². The quantitative estimate of drug-likeness (QED) is 0.749. The van der Waals surface area contributed by atoms with Crippen LogP contribution < -0.4 is 10.6 Å². The summed E-state index contributed by atoms with van der Waals surface area (Å²) in [6.45, 7) is 4.76. The number of amides is 2. The smallest absolute Gasteiger partial charge is 0.315 e. The van der Waals surface area contributed by atoms with Crippen molar-refractivity contribution in [2.75, 3.05) is 6.54 Å². The lowest BCUT2D eigenvalue weighted by Crippen LogP contribution is -2.37. The fourth-order valence-electron chi connectivity index (χ4n) is 1.34. The number of carbonyl (C=O) groups excluding carboxylic acids is 1. The van der Waals surface area contributed by atoms with Gasteiger partial charge in [-0.1, -0.05) is 19.4 Å². The molecule has 0 aliphatic heterocycles. The summed E-state index contributed by atoms with van der Waals surface area (Å²) in [5, 5.41) is 5.68. The van der Waals surface area contributed by atoms with Gasteiger partial charge in [-0.25, -0.2) is 4.79 Å². The maximum Gasteiger partial charge on any atom is 0.315 e. The minimum Gasteiger partial charge on any atom is -0.338 e. The Morgan fingerprint density at radius 1 is 1.56 bits per heavy atom. The van der Waals surface area contributed by atoms with Crippen molar-refractivity contribution in [1.82, 2.24) is 15.6 Å². The van der Waals surface area contributed by atoms with Crippen LogP contribution >= 0.6 is 0 Å². The van der Waals surface area contributed by atoms with Crippen LogP contribution in [0.5, 0.6) is 0 Å². The van der Waals surface area contributed by atoms with Crippen LogP contribution in [0.15, 0.2) is 24.5 Å². The van der Waals surface area contributed by atoms with Gasteiger partial charge in [-0.3, -0.25) is 4.98 Å². The Balaban J connectivity index is 2.34. The van der Waals surface area contributed by atoms with Crippen LogP contribution in [0, 0.1) is 0 Å². The van der Waals surface area contributed by atoms with Crippen molar-refractivity contribution in [1.29, 1.82) is 0 Å². The topological polar surface area (TPSA) is 54.0 Å². The molecule has 1 atom stereocenters. The van der Waals surface area contributed by atoms with Gasteiger partial charge in [0.1, 0.15) is 0 Å². The Labute approximate surface area is 96.5 Å². The van der Waals surface area contributed by atoms with E-state index in [-0.39, 0.29) is 12.1 Å². The summed E-state index contributed by atoms with van der Waals surface area (Å²) in [5.74, 6) is 0. The number of hydrogen-bond donors (Lipinski definition) is 2. The zero-order valence-corrected chi connectivity index (χ0v) is 9.86. The van der Waals surface area contributed by atoms with Crippen molar-refractivity contribution in [2.45, 2.75) is 32.7 Å². The standard InChI is InChI=1S/C12H19N3O/c1-3-4-8-14-12(16)15-10(2)11-6-5-7-13-9-11/h5-7,9-10H,3-4,8H2,1-2H3,(H2,14,15,16)/t10-/m0/s1. The van der Waals surface area contributed by atoms with Crippen LogP contribution in [-0.2, 0) is 0 Å². The maximum absolute atomic E-state index is 11.5. The normalized spacial score (nSPS) is 11.9. The van der Waals surface area contributed by atoms with Gasteiger partial charge in [-0.05, 0) is 25.0 Å². The van der Waals surface area contributed by atoms with Gasteiger partial charge in [0.15, 0.2) is 0 Å². The van der Waals surface area contributed by atoms with E-state index >= 15 is 0 Å². The van der Waals surface area contributed by atoms with E-state index in [2.05, 4.69) is 22.5 Å². The van der Waals surface area contributed by atoms with Crippen LogP contribution in [0.4, 0.5) is 4.79 Å². The van der Waals surface area contributed by atoms with E-state index < -0.39 is 0 Å². The molecule has 0 saturated heterocycles. The second-order valence-corrected chi connectivity index (χ2v) is 3.76. The molecule has 16 heavy (non-hydrogen) atoms. The van der Waals surface area contributed by atoms with Gasteiger partial charge < -0.3 is 10.6 Å². The fraction of sp³-hybridized carbons (Fsp3) is 0.500. The zero-order valence-electron chi connectivity index (χ0n) is 9.86. The van der Waals surface area contributed by atoms with Crippen LogP contribution in [0.2, 0.25) is 0 Å². The highest BCUT2D eigenvalue weighted by molar-refractivity contribution is 5.74. The number of nitrogens with zero attached hydrogens (tertiary/aromatic N) is 1. The summed E-state index contributed by atoms with van der Waals surface area (Å²) in [4.78, 5) is 15.5. The predicted molar refractivity (Wildman–Crippen MR) is 64.1 cm³/mol. The minimum absolute atomic E-state index is 0.0182. The third kappa shape index (κ3) is 4.29. The van der Waals surface area contributed by atoms with E-state index in [9.17, 15) is 4.79 Å². The molecular weight excluding hydrogens is 202 g/mol. The van der Waals surface area contributed by atoms with Gasteiger partial charge in [-0.2, -0.15) is 0 Å². The van der Waals surface area contributed by atoms with E-state index in [0.717, 1.165) is 24.9 Å². The first kappa shape index (κ1) is 12.5. The Morgan fingerprint density at radius 2 is 2.38 bits per heavy atom. The lowest BCUT2D eigenvalue weighted by atomic mass is 10.1. The molecule has 1 rings (SSSR count). The average molecular weight is 221 g/mol. The molecule has 0 spiro atoms. The van der Waals surface area contributed by atoms with Gasteiger partial charge in [0.2, 0.25) is 0 Å². The van der Waals surface area contributed by atoms with E-state index in [4.69, 9.17) is 0 Å². The summed E-state index contributed by atoms with van der Waals surface area (Å²) in [6.07, 6.45) is 5.57. The third-order valence-corrected chi connectivity index (χ3v) is 2.35. The van der Waals surface area contributed by atoms with Crippen molar-refractivity contribution in [3.05, 3.63) is 30.1 Å². The lowest BCUT2D eigenvalue weighted by Gasteiger charge is -2.14. The molecule has 2 N–H and O–H groups in total. The number of hydrogen-bond acceptors (Lipinski definition) is 2. The monoisotopic (exact) mass is 221 g/mol. The van der Waals surface area contributed by atoms with Crippen molar-refractivity contribution in [3.63, 3.8) is 0 Å². The van der Waals surface area contributed by atoms with Gasteiger partial charge >= 0.3 is 6.03 Å². The molecule has 1 heterocycles. The first-order valence-corrected chi connectivity index (χ1v) is 5.68. The number of nitrogens with one attached hydrogen (secondary N) is 2. The highest BCUT2D eigenvalue weighted by Crippen LogP contribution is 2.08. The molecule has 2 amide bonds. The van der Waals surface area contributed by atoms with Gasteiger partial charge in [0, 0.05) is 18.9 Å². The number of unbranched alkanes of at least 4 members (excludes halogenated alkanes) is 1. The molecule has 1 aromatic heterocycles. The molecule has 0 saturated carbocycles. The average Bonchev–Trinajstić information content (AvgIpc) is 2.30. The molecule has 0 aromatic carbocycles. The number of aromatic nitrogens is 1. The Hall–Kier alpha value is -1.58. The van der Waals surface area contributed by atoms with Crippen LogP contribution in [0.1, 0.15) is 38.3 Å². The van der Waals surface area contributed by atoms with E-state index in [1.807, 2.05) is 19.1 Å². The van der Waals surface area contributed by atoms with Gasteiger partial charge in [-0.15, -0.1) is 0 Å². The molecular formula is C12H19N3O. The molecule has 0 unspecified atom stereocenters. The predicted octanol–water partition coefficient (Wildman–Crippen LogP) is 2.24. The molecule has 88 valence electrons. The number of carbonyl (C=O) groups is 1. The number of rotatable bonds is 5. The highest BCUT2D eigenvalue weighted by atomic mass is 16.2. The van der Waals surface area contributed by atoms with Crippen molar-refractivity contribution in [3.8, 4) is 0 Å². The fourth-order valence-corrected chi connectivity index (χ4v) is 1.34. The van der Waals surface area contributed by atoms with Crippen LogP contribution in [0.25, 0.3) is 0 Å². The van der Waals surface area contributed by atoms with Crippen molar-refractivity contribution < 1.29 is 4.79 Å². The first-order chi connectivity index (χ1) is 7.74. The van der Waals surface area contributed by atoms with Gasteiger partial charge in [0.05, 0.1) is 6.04 Å². The summed E-state index contributed by atoms with van der Waals surface area (Å²) in [6, 6.07) is 3.67. The van der Waals surface area contributed by atoms with Crippen molar-refractivity contribution >= 4 is 6.03 Å². The van der Waals surface area contributed by atoms with Crippen LogP contribution in [-0.4, -0.2) is 17.6 Å². The minimum atomic E-state index is -0.121. The SMILES string of the molecule is CCCCNC(=O)N[C@@H](C)c1cccnc1. The Kier molecular flexibility index (Phi) is 5.32. The van der Waals surface area contributed by atoms with Crippen LogP contribution in [0.3, 0.4) is 0 Å². The molecule has 1 aromatic rings. The molecule has 4 nitrogen and oxygen atoms in total. The molecule has 0 fully saturated rings. The first-order valence-electron chi connectivity index (χ1n) is 5.68. The molecule has 0 aliphatic carbocycles. The summed E-state index contributed by atoms with van der Waals surface area (Å²) in [5.41, 5.74) is 1.01. The second kappa shape index (κ2) is 6.82. The van der Waals surface area contributed by atoms with Gasteiger partial charge in [0.25, 0.3) is 0 Å². The second-order valence-electron chi connectivity index (χ2n) is 3.76. The Morgan fingerprint density at radius 3 is 3.00 bits per heavy atom. The lowest BCUT2D eigenvalue weighted by molar-refractivity contribution is 0.238. The van der Waals surface area contributed by atoms with E-state index in [1.54, 1.807) is 12.4 Å². The maximum atomic E-state index is 11.5. The summed E-state index contributed by atoms with van der Waals surface area (Å²) >= 11 is 0. The largest absolute Gasteiger partial charge is 0.338 e. The van der Waals surface area contributed by atoms with Crippen molar-refractivity contribution in [2.24, 2.45) is 0 Å². The zero-order chi connectivity index (χ0) is 11.8. The molecule has 0 radical (unpaired) electrons. The third-order valence-electron chi connectivity index (χ3n) is 2.35. The highest BCUT2D eigenvalue weighted by Gasteiger charge is 2.08. The molecule has 0 bridgehead atoms. The number of urea groups is 1. The summed E-state index contributed by atoms with van der Waals surface area (Å²) in [7, 11) is 0. The number of pyridine rings is 1. The molecule has 0 aliphatic rings. The Bertz CT molecular complexity index is 313. The van der Waals surface area contributed by atoms with E-state index in [1.165, 1.54) is 0 Å². The molecule has 4 heteroatoms.